The molecule has 43 heavy (non-hydrogen) atoms. The number of likely N-dealkylation sites (tertiary alicyclic amines) is 1. The van der Waals surface area contributed by atoms with Crippen LogP contribution in [-0.4, -0.2) is 51.5 Å². The molecule has 2 atom stereocenters. The second kappa shape index (κ2) is 14.3. The number of fused-ring (bicyclic) bond motifs is 1. The summed E-state index contributed by atoms with van der Waals surface area (Å²) in [6, 6.07) is 19.8. The summed E-state index contributed by atoms with van der Waals surface area (Å²) in [4.78, 5) is 35.4. The lowest BCUT2D eigenvalue weighted by atomic mass is 10.0. The highest BCUT2D eigenvalue weighted by Crippen LogP contribution is 2.29. The molecular weight excluding hydrogens is 556 g/mol. The Bertz CT molecular complexity index is 1490. The standard InChI is InChI=1S/C35H44N4O3S/c1-5-27(6-2)39-32-15-14-26(20-30(32)36-33(39)21-29-13-10-18-43-29)34(40)37-31(19-24(3)4)35(41)38-17-16-28(22-38)42-23-25-11-8-7-9-12-25/h7-15,18,20,24,27-28,31H,5-6,16-17,19,21-23H2,1-4H3,(H,37,40)/t28-,31-/m0/s1. The van der Waals surface area contributed by atoms with Crippen molar-refractivity contribution in [1.82, 2.24) is 19.8 Å². The Morgan fingerprint density at radius 2 is 1.86 bits per heavy atom. The van der Waals surface area contributed by atoms with Crippen molar-refractivity contribution in [3.8, 4) is 0 Å². The van der Waals surface area contributed by atoms with E-state index in [1.165, 1.54) is 4.88 Å². The van der Waals surface area contributed by atoms with Gasteiger partial charge in [-0.15, -0.1) is 11.3 Å². The molecule has 0 aliphatic carbocycles. The van der Waals surface area contributed by atoms with Crippen molar-refractivity contribution in [1.29, 1.82) is 0 Å². The number of nitrogens with one attached hydrogen (secondary N) is 1. The number of aromatic nitrogens is 2. The second-order valence-electron chi connectivity index (χ2n) is 12.0. The lowest BCUT2D eigenvalue weighted by Crippen LogP contribution is -2.48. The highest BCUT2D eigenvalue weighted by atomic mass is 32.1. The number of nitrogens with zero attached hydrogens (tertiary/aromatic N) is 3. The Labute approximate surface area is 259 Å². The number of carbonyl (C=O) groups excluding carboxylic acids is 2. The summed E-state index contributed by atoms with van der Waals surface area (Å²) in [5.74, 6) is 0.994. The minimum atomic E-state index is -0.590. The number of rotatable bonds is 13. The van der Waals surface area contributed by atoms with Gasteiger partial charge in [0.2, 0.25) is 5.91 Å². The van der Waals surface area contributed by atoms with Crippen molar-refractivity contribution in [2.24, 2.45) is 5.92 Å². The van der Waals surface area contributed by atoms with E-state index in [0.29, 0.717) is 37.7 Å². The van der Waals surface area contributed by atoms with Crippen molar-refractivity contribution in [2.75, 3.05) is 13.1 Å². The van der Waals surface area contributed by atoms with E-state index in [9.17, 15) is 9.59 Å². The maximum atomic E-state index is 13.7. The molecule has 0 unspecified atom stereocenters. The molecule has 1 aliphatic heterocycles. The summed E-state index contributed by atoms with van der Waals surface area (Å²) in [6.07, 6.45) is 4.15. The van der Waals surface area contributed by atoms with E-state index in [4.69, 9.17) is 9.72 Å². The van der Waals surface area contributed by atoms with Gasteiger partial charge in [-0.2, -0.15) is 0 Å². The minimum absolute atomic E-state index is 0.00415. The third-order valence-corrected chi connectivity index (χ3v) is 9.22. The predicted molar refractivity (Wildman–Crippen MR) is 173 cm³/mol. The fraction of sp³-hybridized carbons (Fsp3) is 0.457. The van der Waals surface area contributed by atoms with Crippen LogP contribution < -0.4 is 5.32 Å². The van der Waals surface area contributed by atoms with Gasteiger partial charge in [0, 0.05) is 36.0 Å². The maximum absolute atomic E-state index is 13.7. The van der Waals surface area contributed by atoms with Gasteiger partial charge >= 0.3 is 0 Å². The summed E-state index contributed by atoms with van der Waals surface area (Å²) in [7, 11) is 0. The second-order valence-corrected chi connectivity index (χ2v) is 13.0. The molecular formula is C35H44N4O3S. The van der Waals surface area contributed by atoms with Gasteiger partial charge in [0.05, 0.1) is 23.7 Å². The Balaban J connectivity index is 1.30. The lowest BCUT2D eigenvalue weighted by Gasteiger charge is -2.25. The van der Waals surface area contributed by atoms with E-state index in [-0.39, 0.29) is 23.8 Å². The van der Waals surface area contributed by atoms with Crippen LogP contribution in [0.1, 0.15) is 86.0 Å². The molecule has 5 rings (SSSR count). The van der Waals surface area contributed by atoms with Crippen LogP contribution in [0.2, 0.25) is 0 Å². The molecule has 0 saturated carbocycles. The van der Waals surface area contributed by atoms with Crippen LogP contribution in [0, 0.1) is 5.92 Å². The van der Waals surface area contributed by atoms with E-state index in [2.05, 4.69) is 55.1 Å². The van der Waals surface area contributed by atoms with E-state index in [1.54, 1.807) is 11.3 Å². The molecule has 228 valence electrons. The summed E-state index contributed by atoms with van der Waals surface area (Å²) < 4.78 is 8.46. The minimum Gasteiger partial charge on any atom is -0.372 e. The predicted octanol–water partition coefficient (Wildman–Crippen LogP) is 7.01. The van der Waals surface area contributed by atoms with Crippen LogP contribution >= 0.6 is 11.3 Å². The fourth-order valence-corrected chi connectivity index (χ4v) is 6.75. The van der Waals surface area contributed by atoms with Crippen LogP contribution in [0.15, 0.2) is 66.0 Å². The normalized spacial score (nSPS) is 16.0. The first-order chi connectivity index (χ1) is 20.9. The van der Waals surface area contributed by atoms with Crippen molar-refractivity contribution in [3.05, 3.63) is 87.9 Å². The molecule has 7 nitrogen and oxygen atoms in total. The van der Waals surface area contributed by atoms with Crippen molar-refractivity contribution < 1.29 is 14.3 Å². The number of carbonyl (C=O) groups is 2. The molecule has 1 fully saturated rings. The fourth-order valence-electron chi connectivity index (χ4n) is 6.05. The maximum Gasteiger partial charge on any atom is 0.252 e. The first-order valence-electron chi connectivity index (χ1n) is 15.6. The summed E-state index contributed by atoms with van der Waals surface area (Å²) in [5.41, 5.74) is 3.51. The van der Waals surface area contributed by atoms with Gasteiger partial charge in [-0.1, -0.05) is 64.1 Å². The van der Waals surface area contributed by atoms with Gasteiger partial charge in [0.25, 0.3) is 5.91 Å². The smallest absolute Gasteiger partial charge is 0.252 e. The highest BCUT2D eigenvalue weighted by molar-refractivity contribution is 7.09. The van der Waals surface area contributed by atoms with Gasteiger partial charge in [0.15, 0.2) is 0 Å². The molecule has 0 spiro atoms. The molecule has 0 radical (unpaired) electrons. The van der Waals surface area contributed by atoms with Gasteiger partial charge in [-0.25, -0.2) is 4.98 Å². The monoisotopic (exact) mass is 600 g/mol. The van der Waals surface area contributed by atoms with Crippen LogP contribution in [0.5, 0.6) is 0 Å². The number of hydrogen-bond donors (Lipinski definition) is 1. The van der Waals surface area contributed by atoms with E-state index < -0.39 is 6.04 Å². The first kappa shape index (κ1) is 31.0. The van der Waals surface area contributed by atoms with Gasteiger partial charge in [0.1, 0.15) is 11.9 Å². The Morgan fingerprint density at radius 3 is 2.56 bits per heavy atom. The van der Waals surface area contributed by atoms with E-state index >= 15 is 0 Å². The SMILES string of the molecule is CCC(CC)n1c(Cc2cccs2)nc2cc(C(=O)N[C@@H](CC(C)C)C(=O)N3CC[C@H](OCc4ccccc4)C3)ccc21. The molecule has 0 bridgehead atoms. The van der Waals surface area contributed by atoms with Crippen molar-refractivity contribution >= 4 is 34.2 Å². The molecule has 3 heterocycles. The number of hydrogen-bond acceptors (Lipinski definition) is 5. The van der Waals surface area contributed by atoms with Gasteiger partial charge in [-0.3, -0.25) is 9.59 Å². The van der Waals surface area contributed by atoms with Crippen LogP contribution in [0.3, 0.4) is 0 Å². The summed E-state index contributed by atoms with van der Waals surface area (Å²) in [6.45, 7) is 10.3. The van der Waals surface area contributed by atoms with Crippen LogP contribution in [0.25, 0.3) is 11.0 Å². The van der Waals surface area contributed by atoms with Crippen molar-refractivity contribution in [3.63, 3.8) is 0 Å². The Kier molecular flexibility index (Phi) is 10.3. The quantitative estimate of drug-likeness (QED) is 0.179. The number of imidazole rings is 1. The van der Waals surface area contributed by atoms with Gasteiger partial charge in [-0.05, 0) is 66.8 Å². The third-order valence-electron chi connectivity index (χ3n) is 8.34. The average Bonchev–Trinajstić information content (AvgIpc) is 3.77. The van der Waals surface area contributed by atoms with E-state index in [1.807, 2.05) is 53.4 Å². The van der Waals surface area contributed by atoms with Gasteiger partial charge < -0.3 is 19.5 Å². The summed E-state index contributed by atoms with van der Waals surface area (Å²) in [5, 5.41) is 5.17. The zero-order valence-corrected chi connectivity index (χ0v) is 26.6. The Hall–Kier alpha value is -3.49. The molecule has 8 heteroatoms. The number of thiophene rings is 1. The average molecular weight is 601 g/mol. The lowest BCUT2D eigenvalue weighted by molar-refractivity contribution is -0.133. The molecule has 2 aromatic carbocycles. The molecule has 4 aromatic rings. The summed E-state index contributed by atoms with van der Waals surface area (Å²) >= 11 is 1.74. The molecule has 1 saturated heterocycles. The highest BCUT2D eigenvalue weighted by Gasteiger charge is 2.33. The molecule has 1 aliphatic rings. The zero-order valence-electron chi connectivity index (χ0n) is 25.8. The Morgan fingerprint density at radius 1 is 1.07 bits per heavy atom. The number of amides is 2. The number of ether oxygens (including phenoxy) is 1. The molecule has 2 aromatic heterocycles. The zero-order chi connectivity index (χ0) is 30.3. The van der Waals surface area contributed by atoms with Crippen LogP contribution in [-0.2, 0) is 22.6 Å². The first-order valence-corrected chi connectivity index (χ1v) is 16.5. The van der Waals surface area contributed by atoms with Crippen LogP contribution in [0.4, 0.5) is 0 Å². The number of benzene rings is 2. The topological polar surface area (TPSA) is 76.5 Å². The largest absolute Gasteiger partial charge is 0.372 e. The molecule has 1 N–H and O–H groups in total. The van der Waals surface area contributed by atoms with Crippen molar-refractivity contribution in [2.45, 2.75) is 84.6 Å². The molecule has 2 amide bonds. The third kappa shape index (κ3) is 7.54. The van der Waals surface area contributed by atoms with E-state index in [0.717, 1.165) is 48.1 Å².